The van der Waals surface area contributed by atoms with Gasteiger partial charge in [-0.05, 0) is 36.4 Å². The van der Waals surface area contributed by atoms with E-state index >= 15 is 0 Å². The summed E-state index contributed by atoms with van der Waals surface area (Å²) in [5, 5.41) is 9.85. The van der Waals surface area contributed by atoms with Crippen LogP contribution in [-0.4, -0.2) is 6.29 Å². The number of hydrogen-bond donors (Lipinski definition) is 0. The molecule has 0 saturated carbocycles. The third kappa shape index (κ3) is 2.02. The van der Waals surface area contributed by atoms with Gasteiger partial charge in [0.15, 0.2) is 5.75 Å². The molecular weight excluding hydrogens is 254 g/mol. The van der Waals surface area contributed by atoms with Gasteiger partial charge in [-0.3, -0.25) is 4.79 Å². The van der Waals surface area contributed by atoms with Crippen molar-refractivity contribution >= 4 is 17.3 Å². The van der Waals surface area contributed by atoms with Crippen LogP contribution in [0.2, 0.25) is 0 Å². The van der Waals surface area contributed by atoms with E-state index in [0.717, 1.165) is 11.7 Å². The highest BCUT2D eigenvalue weighted by atomic mass is 16.5. The maximum atomic E-state index is 10.6. The number of benzene rings is 2. The molecule has 0 amide bonds. The minimum Gasteiger partial charge on any atom is -0.452 e. The standard InChI is InChI=1S/C16H9NO3/c17-9-15-16(13-3-1-2-4-14(13)20-15)19-12-7-5-11(10-18)6-8-12/h1-8,10H. The van der Waals surface area contributed by atoms with E-state index < -0.39 is 0 Å². The number of ether oxygens (including phenoxy) is 1. The number of rotatable bonds is 3. The van der Waals surface area contributed by atoms with Gasteiger partial charge in [0, 0.05) is 5.56 Å². The van der Waals surface area contributed by atoms with Crippen molar-refractivity contribution in [3.05, 3.63) is 59.9 Å². The smallest absolute Gasteiger partial charge is 0.247 e. The van der Waals surface area contributed by atoms with Gasteiger partial charge in [-0.15, -0.1) is 0 Å². The summed E-state index contributed by atoms with van der Waals surface area (Å²) in [5.41, 5.74) is 1.17. The molecule has 2 aromatic carbocycles. The predicted molar refractivity (Wildman–Crippen MR) is 72.8 cm³/mol. The molecule has 3 aromatic rings. The number of furan rings is 1. The summed E-state index contributed by atoms with van der Waals surface area (Å²) in [4.78, 5) is 10.6. The van der Waals surface area contributed by atoms with Crippen LogP contribution in [-0.2, 0) is 0 Å². The Bertz CT molecular complexity index is 810. The summed E-state index contributed by atoms with van der Waals surface area (Å²) in [7, 11) is 0. The fourth-order valence-electron chi connectivity index (χ4n) is 1.93. The number of aldehydes is 1. The maximum Gasteiger partial charge on any atom is 0.247 e. The maximum absolute atomic E-state index is 10.6. The van der Waals surface area contributed by atoms with Crippen LogP contribution >= 0.6 is 0 Å². The molecule has 0 bridgehead atoms. The third-order valence-electron chi connectivity index (χ3n) is 2.89. The molecule has 0 saturated heterocycles. The molecule has 0 aliphatic heterocycles. The van der Waals surface area contributed by atoms with E-state index in [4.69, 9.17) is 14.4 Å². The van der Waals surface area contributed by atoms with Crippen molar-refractivity contribution in [3.63, 3.8) is 0 Å². The van der Waals surface area contributed by atoms with Crippen LogP contribution in [0, 0.1) is 11.3 Å². The summed E-state index contributed by atoms with van der Waals surface area (Å²) in [6, 6.07) is 15.9. The second-order valence-corrected chi connectivity index (χ2v) is 4.16. The minimum atomic E-state index is 0.130. The second kappa shape index (κ2) is 4.90. The Labute approximate surface area is 114 Å². The Morgan fingerprint density at radius 2 is 1.85 bits per heavy atom. The molecule has 0 fully saturated rings. The quantitative estimate of drug-likeness (QED) is 0.672. The lowest BCUT2D eigenvalue weighted by molar-refractivity contribution is 0.112. The molecule has 0 spiro atoms. The average molecular weight is 263 g/mol. The SMILES string of the molecule is N#Cc1oc2ccccc2c1Oc1ccc(C=O)cc1. The Hall–Kier alpha value is -3.06. The molecule has 0 aliphatic carbocycles. The highest BCUT2D eigenvalue weighted by Gasteiger charge is 2.15. The van der Waals surface area contributed by atoms with Crippen LogP contribution in [0.15, 0.2) is 52.9 Å². The van der Waals surface area contributed by atoms with Crippen molar-refractivity contribution in [1.29, 1.82) is 5.26 Å². The molecule has 0 N–H and O–H groups in total. The first-order valence-corrected chi connectivity index (χ1v) is 5.96. The lowest BCUT2D eigenvalue weighted by Gasteiger charge is -2.03. The van der Waals surface area contributed by atoms with Gasteiger partial charge < -0.3 is 9.15 Å². The summed E-state index contributed by atoms with van der Waals surface area (Å²) in [6.45, 7) is 0. The van der Waals surface area contributed by atoms with E-state index in [1.807, 2.05) is 24.3 Å². The van der Waals surface area contributed by atoms with Gasteiger partial charge in [0.1, 0.15) is 23.7 Å². The van der Waals surface area contributed by atoms with Crippen LogP contribution in [0.3, 0.4) is 0 Å². The van der Waals surface area contributed by atoms with Gasteiger partial charge in [0.05, 0.1) is 5.39 Å². The van der Waals surface area contributed by atoms with Crippen LogP contribution < -0.4 is 4.74 Å². The van der Waals surface area contributed by atoms with Crippen LogP contribution in [0.5, 0.6) is 11.5 Å². The zero-order chi connectivity index (χ0) is 13.9. The summed E-state index contributed by atoms with van der Waals surface area (Å²) in [5.74, 6) is 1.06. The number of nitriles is 1. The highest BCUT2D eigenvalue weighted by molar-refractivity contribution is 5.86. The normalized spacial score (nSPS) is 10.2. The molecule has 4 heteroatoms. The van der Waals surface area contributed by atoms with Crippen LogP contribution in [0.4, 0.5) is 0 Å². The predicted octanol–water partition coefficient (Wildman–Crippen LogP) is 3.91. The first-order chi connectivity index (χ1) is 9.81. The van der Waals surface area contributed by atoms with Gasteiger partial charge in [0.25, 0.3) is 0 Å². The van der Waals surface area contributed by atoms with Gasteiger partial charge in [0.2, 0.25) is 5.76 Å². The number of nitrogens with zero attached hydrogens (tertiary/aromatic N) is 1. The van der Waals surface area contributed by atoms with Gasteiger partial charge in [-0.25, -0.2) is 0 Å². The average Bonchev–Trinajstić information content (AvgIpc) is 2.86. The fourth-order valence-corrected chi connectivity index (χ4v) is 1.93. The molecule has 0 unspecified atom stereocenters. The molecule has 1 heterocycles. The molecule has 0 atom stereocenters. The van der Waals surface area contributed by atoms with E-state index in [2.05, 4.69) is 0 Å². The van der Waals surface area contributed by atoms with E-state index in [-0.39, 0.29) is 5.76 Å². The number of carbonyl (C=O) groups is 1. The molecule has 1 aromatic heterocycles. The first-order valence-electron chi connectivity index (χ1n) is 5.96. The van der Waals surface area contributed by atoms with Crippen molar-refractivity contribution in [2.24, 2.45) is 0 Å². The lowest BCUT2D eigenvalue weighted by Crippen LogP contribution is -1.86. The number of carbonyl (C=O) groups excluding carboxylic acids is 1. The van der Waals surface area contributed by atoms with Crippen molar-refractivity contribution in [1.82, 2.24) is 0 Å². The van der Waals surface area contributed by atoms with Gasteiger partial charge >= 0.3 is 0 Å². The van der Waals surface area contributed by atoms with Crippen molar-refractivity contribution in [2.45, 2.75) is 0 Å². The monoisotopic (exact) mass is 263 g/mol. The largest absolute Gasteiger partial charge is 0.452 e. The third-order valence-corrected chi connectivity index (χ3v) is 2.89. The van der Waals surface area contributed by atoms with Gasteiger partial charge in [-0.1, -0.05) is 12.1 Å². The molecule has 96 valence electrons. The Morgan fingerprint density at radius 3 is 2.55 bits per heavy atom. The molecule has 4 nitrogen and oxygen atoms in total. The fraction of sp³-hybridized carbons (Fsp3) is 0. The Morgan fingerprint density at radius 1 is 1.10 bits per heavy atom. The summed E-state index contributed by atoms with van der Waals surface area (Å²) >= 11 is 0. The zero-order valence-electron chi connectivity index (χ0n) is 10.4. The zero-order valence-corrected chi connectivity index (χ0v) is 10.4. The van der Waals surface area contributed by atoms with Gasteiger partial charge in [-0.2, -0.15) is 5.26 Å². The summed E-state index contributed by atoms with van der Waals surface area (Å²) < 4.78 is 11.1. The molecule has 20 heavy (non-hydrogen) atoms. The van der Waals surface area contributed by atoms with E-state index in [9.17, 15) is 4.79 Å². The van der Waals surface area contributed by atoms with Crippen molar-refractivity contribution < 1.29 is 13.9 Å². The van der Waals surface area contributed by atoms with Crippen molar-refractivity contribution in [3.8, 4) is 17.6 Å². The Kier molecular flexibility index (Phi) is 2.94. The minimum absolute atomic E-state index is 0.130. The summed E-state index contributed by atoms with van der Waals surface area (Å²) in [6.07, 6.45) is 0.762. The van der Waals surface area contributed by atoms with E-state index in [0.29, 0.717) is 22.6 Å². The topological polar surface area (TPSA) is 63.2 Å². The first kappa shape index (κ1) is 12.0. The van der Waals surface area contributed by atoms with Crippen LogP contribution in [0.1, 0.15) is 16.1 Å². The second-order valence-electron chi connectivity index (χ2n) is 4.16. The molecular formula is C16H9NO3. The van der Waals surface area contributed by atoms with E-state index in [1.165, 1.54) is 0 Å². The molecule has 0 radical (unpaired) electrons. The number of para-hydroxylation sites is 1. The van der Waals surface area contributed by atoms with Crippen molar-refractivity contribution in [2.75, 3.05) is 0 Å². The molecule has 0 aliphatic rings. The Balaban J connectivity index is 2.05. The number of fused-ring (bicyclic) bond motifs is 1. The lowest BCUT2D eigenvalue weighted by atomic mass is 10.2. The highest BCUT2D eigenvalue weighted by Crippen LogP contribution is 2.35. The number of hydrogen-bond acceptors (Lipinski definition) is 4. The van der Waals surface area contributed by atoms with E-state index in [1.54, 1.807) is 30.3 Å². The van der Waals surface area contributed by atoms with Crippen LogP contribution in [0.25, 0.3) is 11.0 Å². The molecule has 3 rings (SSSR count).